The Kier molecular flexibility index (Phi) is 3.38. The first-order valence-corrected chi connectivity index (χ1v) is 7.35. The molecule has 2 aromatic rings. The summed E-state index contributed by atoms with van der Waals surface area (Å²) in [6.45, 7) is 5.45. The van der Waals surface area contributed by atoms with Crippen LogP contribution in [0.1, 0.15) is 43.9 Å². The first kappa shape index (κ1) is 13.4. The van der Waals surface area contributed by atoms with Crippen LogP contribution in [0.25, 0.3) is 11.0 Å². The number of hydrogen-bond acceptors (Lipinski definition) is 4. The molecule has 2 aromatic heterocycles. The largest absolute Gasteiger partial charge is 0.396 e. The number of nitrogen functional groups attached to an aromatic ring is 1. The summed E-state index contributed by atoms with van der Waals surface area (Å²) in [4.78, 5) is 8.97. The Bertz CT molecular complexity index is 632. The number of fused-ring (bicyclic) bond motifs is 3. The van der Waals surface area contributed by atoms with Gasteiger partial charge in [-0.15, -0.1) is 0 Å². The van der Waals surface area contributed by atoms with Crippen molar-refractivity contribution in [3.05, 3.63) is 17.6 Å². The summed E-state index contributed by atoms with van der Waals surface area (Å²) in [7, 11) is 0. The number of aromatic nitrogens is 3. The molecule has 2 heterocycles. The smallest absolute Gasteiger partial charge is 0.151 e. The Morgan fingerprint density at radius 2 is 2.30 bits per heavy atom. The van der Waals surface area contributed by atoms with Gasteiger partial charge >= 0.3 is 0 Å². The summed E-state index contributed by atoms with van der Waals surface area (Å²) < 4.78 is 2.17. The van der Waals surface area contributed by atoms with Crippen LogP contribution in [0.15, 0.2) is 6.33 Å². The summed E-state index contributed by atoms with van der Waals surface area (Å²) in [6, 6.07) is 0. The average molecular weight is 274 g/mol. The number of rotatable bonds is 3. The van der Waals surface area contributed by atoms with Gasteiger partial charge in [-0.3, -0.25) is 0 Å². The minimum Gasteiger partial charge on any atom is -0.396 e. The van der Waals surface area contributed by atoms with Gasteiger partial charge in [0.15, 0.2) is 5.82 Å². The lowest BCUT2D eigenvalue weighted by molar-refractivity contribution is 0.253. The van der Waals surface area contributed by atoms with Crippen molar-refractivity contribution in [2.45, 2.75) is 45.6 Å². The molecule has 108 valence electrons. The number of pyridine rings is 1. The van der Waals surface area contributed by atoms with Crippen LogP contribution >= 0.6 is 0 Å². The third-order valence-corrected chi connectivity index (χ3v) is 4.06. The topological polar surface area (TPSA) is 77.0 Å². The molecular weight excluding hydrogens is 252 g/mol. The quantitative estimate of drug-likeness (QED) is 0.898. The maximum atomic E-state index is 9.69. The lowest BCUT2D eigenvalue weighted by Crippen LogP contribution is -2.18. The van der Waals surface area contributed by atoms with E-state index in [-0.39, 0.29) is 12.5 Å². The van der Waals surface area contributed by atoms with Gasteiger partial charge < -0.3 is 15.4 Å². The van der Waals surface area contributed by atoms with Gasteiger partial charge in [-0.1, -0.05) is 13.8 Å². The van der Waals surface area contributed by atoms with Crippen molar-refractivity contribution in [1.29, 1.82) is 0 Å². The zero-order valence-corrected chi connectivity index (χ0v) is 12.1. The van der Waals surface area contributed by atoms with E-state index in [0.29, 0.717) is 11.7 Å². The number of imidazole rings is 1. The standard InChI is InChI=1S/C15H22N4O/c1-9(2)6-19-8-17-13-14(19)12-10(7-20)4-3-5-11(12)18-15(13)16/h8-10,20H,3-7H2,1-2H3,(H2,16,18). The second kappa shape index (κ2) is 5.05. The molecule has 0 bridgehead atoms. The predicted molar refractivity (Wildman–Crippen MR) is 79.5 cm³/mol. The maximum Gasteiger partial charge on any atom is 0.151 e. The van der Waals surface area contributed by atoms with Crippen molar-refractivity contribution in [3.8, 4) is 0 Å². The van der Waals surface area contributed by atoms with E-state index in [1.54, 1.807) is 0 Å². The lowest BCUT2D eigenvalue weighted by Gasteiger charge is -2.25. The number of aryl methyl sites for hydroxylation is 1. The molecule has 0 radical (unpaired) electrons. The third kappa shape index (κ3) is 2.06. The van der Waals surface area contributed by atoms with E-state index in [9.17, 15) is 5.11 Å². The van der Waals surface area contributed by atoms with Gasteiger partial charge in [-0.25, -0.2) is 9.97 Å². The summed E-state index contributed by atoms with van der Waals surface area (Å²) >= 11 is 0. The SMILES string of the molecule is CC(C)Cn1cnc2c(N)nc3c(c21)C(CO)CCC3. The van der Waals surface area contributed by atoms with Crippen molar-refractivity contribution in [2.24, 2.45) is 5.92 Å². The van der Waals surface area contributed by atoms with Gasteiger partial charge in [0.2, 0.25) is 0 Å². The summed E-state index contributed by atoms with van der Waals surface area (Å²) in [5.41, 5.74) is 10.1. The minimum absolute atomic E-state index is 0.164. The zero-order valence-electron chi connectivity index (χ0n) is 12.1. The number of anilines is 1. The fourth-order valence-corrected chi connectivity index (χ4v) is 3.24. The van der Waals surface area contributed by atoms with E-state index in [1.165, 1.54) is 5.56 Å². The summed E-state index contributed by atoms with van der Waals surface area (Å²) in [5.74, 6) is 1.21. The monoisotopic (exact) mass is 274 g/mol. The van der Waals surface area contributed by atoms with Gasteiger partial charge in [0, 0.05) is 23.7 Å². The Labute approximate surface area is 118 Å². The Hall–Kier alpha value is -1.62. The van der Waals surface area contributed by atoms with Crippen molar-refractivity contribution in [3.63, 3.8) is 0 Å². The zero-order chi connectivity index (χ0) is 14.3. The van der Waals surface area contributed by atoms with Crippen LogP contribution in [-0.2, 0) is 13.0 Å². The molecular formula is C15H22N4O. The van der Waals surface area contributed by atoms with E-state index in [1.807, 2.05) is 6.33 Å². The van der Waals surface area contributed by atoms with Gasteiger partial charge in [-0.2, -0.15) is 0 Å². The molecule has 5 nitrogen and oxygen atoms in total. The lowest BCUT2D eigenvalue weighted by atomic mass is 9.85. The van der Waals surface area contributed by atoms with Gasteiger partial charge in [0.25, 0.3) is 0 Å². The predicted octanol–water partition coefficient (Wildman–Crippen LogP) is 2.08. The molecule has 1 unspecified atom stereocenters. The Morgan fingerprint density at radius 3 is 3.00 bits per heavy atom. The molecule has 0 spiro atoms. The van der Waals surface area contributed by atoms with Gasteiger partial charge in [-0.05, 0) is 25.2 Å². The van der Waals surface area contributed by atoms with Crippen LogP contribution in [0.5, 0.6) is 0 Å². The van der Waals surface area contributed by atoms with E-state index in [2.05, 4.69) is 28.4 Å². The first-order chi connectivity index (χ1) is 9.61. The maximum absolute atomic E-state index is 9.69. The van der Waals surface area contributed by atoms with Crippen molar-refractivity contribution in [1.82, 2.24) is 14.5 Å². The van der Waals surface area contributed by atoms with Gasteiger partial charge in [0.05, 0.1) is 18.5 Å². The van der Waals surface area contributed by atoms with Gasteiger partial charge in [0.1, 0.15) is 5.52 Å². The van der Waals surface area contributed by atoms with Crippen LogP contribution in [0, 0.1) is 5.92 Å². The molecule has 5 heteroatoms. The minimum atomic E-state index is 0.164. The van der Waals surface area contributed by atoms with E-state index < -0.39 is 0 Å². The summed E-state index contributed by atoms with van der Waals surface area (Å²) in [6.07, 6.45) is 4.87. The van der Waals surface area contributed by atoms with E-state index in [4.69, 9.17) is 5.73 Å². The van der Waals surface area contributed by atoms with Crippen LogP contribution in [-0.4, -0.2) is 26.2 Å². The molecule has 0 aliphatic heterocycles. The highest BCUT2D eigenvalue weighted by molar-refractivity contribution is 5.89. The molecule has 3 rings (SSSR count). The highest BCUT2D eigenvalue weighted by Gasteiger charge is 2.26. The Morgan fingerprint density at radius 1 is 1.50 bits per heavy atom. The molecule has 20 heavy (non-hydrogen) atoms. The fraction of sp³-hybridized carbons (Fsp3) is 0.600. The third-order valence-electron chi connectivity index (χ3n) is 4.06. The fourth-order valence-electron chi connectivity index (χ4n) is 3.24. The molecule has 1 aliphatic rings. The highest BCUT2D eigenvalue weighted by atomic mass is 16.3. The second-order valence-electron chi connectivity index (χ2n) is 6.12. The molecule has 0 saturated carbocycles. The molecule has 0 amide bonds. The van der Waals surface area contributed by atoms with Crippen LogP contribution < -0.4 is 5.73 Å². The summed E-state index contributed by atoms with van der Waals surface area (Å²) in [5, 5.41) is 9.69. The number of aliphatic hydroxyl groups excluding tert-OH is 1. The van der Waals surface area contributed by atoms with E-state index in [0.717, 1.165) is 42.5 Å². The van der Waals surface area contributed by atoms with E-state index >= 15 is 0 Å². The average Bonchev–Trinajstić information content (AvgIpc) is 2.82. The van der Waals surface area contributed by atoms with Crippen LogP contribution in [0.4, 0.5) is 5.82 Å². The number of nitrogens with two attached hydrogens (primary N) is 1. The first-order valence-electron chi connectivity index (χ1n) is 7.35. The van der Waals surface area contributed by atoms with Crippen LogP contribution in [0.3, 0.4) is 0 Å². The second-order valence-corrected chi connectivity index (χ2v) is 6.12. The molecule has 3 N–H and O–H groups in total. The van der Waals surface area contributed by atoms with Crippen molar-refractivity contribution < 1.29 is 5.11 Å². The molecule has 1 aliphatic carbocycles. The normalized spacial score (nSPS) is 18.7. The number of hydrogen-bond donors (Lipinski definition) is 2. The molecule has 0 aromatic carbocycles. The van der Waals surface area contributed by atoms with Crippen molar-refractivity contribution >= 4 is 16.9 Å². The molecule has 0 saturated heterocycles. The van der Waals surface area contributed by atoms with Crippen LogP contribution in [0.2, 0.25) is 0 Å². The Balaban J connectivity index is 2.26. The number of aliphatic hydroxyl groups is 1. The number of nitrogens with zero attached hydrogens (tertiary/aromatic N) is 3. The van der Waals surface area contributed by atoms with Crippen molar-refractivity contribution in [2.75, 3.05) is 12.3 Å². The molecule has 1 atom stereocenters. The highest BCUT2D eigenvalue weighted by Crippen LogP contribution is 2.37. The molecule has 0 fully saturated rings.